The molecule has 10 heteroatoms. The Bertz CT molecular complexity index is 1870. The van der Waals surface area contributed by atoms with Gasteiger partial charge in [0, 0.05) is 50.2 Å². The van der Waals surface area contributed by atoms with Gasteiger partial charge in [-0.15, -0.1) is 0 Å². The highest BCUT2D eigenvalue weighted by Crippen LogP contribution is 2.31. The molecule has 5 aromatic rings. The molecule has 0 saturated carbocycles. The first kappa shape index (κ1) is 32.4. The Morgan fingerprint density at radius 3 is 2.29 bits per heavy atom. The second-order valence-electron chi connectivity index (χ2n) is 11.9. The van der Waals surface area contributed by atoms with E-state index >= 15 is 0 Å². The summed E-state index contributed by atoms with van der Waals surface area (Å²) in [6.45, 7) is 2.95. The summed E-state index contributed by atoms with van der Waals surface area (Å²) >= 11 is 0. The molecule has 3 aromatic carbocycles. The van der Waals surface area contributed by atoms with E-state index in [0.717, 1.165) is 39.9 Å². The van der Waals surface area contributed by atoms with Crippen LogP contribution in [0.15, 0.2) is 116 Å². The molecule has 1 aliphatic rings. The number of H-pyrrole nitrogens is 1. The third-order valence-electron chi connectivity index (χ3n) is 8.81. The fourth-order valence-electron chi connectivity index (χ4n) is 6.08. The summed E-state index contributed by atoms with van der Waals surface area (Å²) in [5.41, 5.74) is 5.47. The summed E-state index contributed by atoms with van der Waals surface area (Å²) < 4.78 is 39.4. The van der Waals surface area contributed by atoms with Gasteiger partial charge in [0.25, 0.3) is 0 Å². The smallest absolute Gasteiger partial charge is 0.336 e. The van der Waals surface area contributed by atoms with E-state index in [0.29, 0.717) is 25.1 Å². The highest BCUT2D eigenvalue weighted by Gasteiger charge is 2.38. The zero-order valence-corrected chi connectivity index (χ0v) is 26.3. The zero-order chi connectivity index (χ0) is 33.7. The number of aromatic amines is 1. The molecule has 2 amide bonds. The maximum absolute atomic E-state index is 14.6. The standard InChI is InChI=1S/C38H34F3N5O2/c1-26(33-22-43-44-23-33)36(37(48)45-21-18-29-4-2-3-5-32(29)25-45)46(24-28-6-11-30(12-7-28)31-16-19-42-20-17-31)35(47)15-10-27-8-13-34(14-9-27)38(39,40)41/h2-17,19-20,22-23,26,36H,18,21,24-25H2,1H3,(H,43,44)/t26?,36-/m0/s1. The van der Waals surface area contributed by atoms with Crippen molar-refractivity contribution in [3.05, 3.63) is 149 Å². The SMILES string of the molecule is CC(c1cn[nH]c1)[C@@H](C(=O)N1CCc2ccccc2C1)N(Cc1ccc(-c2ccncc2)cc1)C(=O)C=Cc1ccc(C(F)(F)F)cc1. The van der Waals surface area contributed by atoms with Gasteiger partial charge in [-0.05, 0) is 75.7 Å². The van der Waals surface area contributed by atoms with Gasteiger partial charge in [0.2, 0.25) is 11.8 Å². The maximum atomic E-state index is 14.6. The van der Waals surface area contributed by atoms with Crippen molar-refractivity contribution in [3.63, 3.8) is 0 Å². The number of hydrogen-bond acceptors (Lipinski definition) is 4. The lowest BCUT2D eigenvalue weighted by Crippen LogP contribution is -2.53. The monoisotopic (exact) mass is 649 g/mol. The summed E-state index contributed by atoms with van der Waals surface area (Å²) in [4.78, 5) is 36.2. The molecule has 0 aliphatic carbocycles. The van der Waals surface area contributed by atoms with Crippen molar-refractivity contribution >= 4 is 17.9 Å². The lowest BCUT2D eigenvalue weighted by Gasteiger charge is -2.39. The van der Waals surface area contributed by atoms with Gasteiger partial charge in [-0.1, -0.05) is 67.6 Å². The van der Waals surface area contributed by atoms with Gasteiger partial charge in [-0.3, -0.25) is 19.7 Å². The number of amides is 2. The van der Waals surface area contributed by atoms with Crippen LogP contribution in [0.25, 0.3) is 17.2 Å². The number of alkyl halides is 3. The number of fused-ring (bicyclic) bond motifs is 1. The predicted molar refractivity (Wildman–Crippen MR) is 177 cm³/mol. The van der Waals surface area contributed by atoms with Gasteiger partial charge in [0.05, 0.1) is 11.8 Å². The predicted octanol–water partition coefficient (Wildman–Crippen LogP) is 7.29. The minimum Gasteiger partial charge on any atom is -0.336 e. The van der Waals surface area contributed by atoms with Crippen molar-refractivity contribution in [1.82, 2.24) is 25.0 Å². The molecule has 0 bridgehead atoms. The van der Waals surface area contributed by atoms with Gasteiger partial charge < -0.3 is 9.80 Å². The third kappa shape index (κ3) is 7.38. The van der Waals surface area contributed by atoms with Crippen molar-refractivity contribution in [2.75, 3.05) is 6.54 Å². The second-order valence-corrected chi connectivity index (χ2v) is 11.9. The third-order valence-corrected chi connectivity index (χ3v) is 8.81. The topological polar surface area (TPSA) is 82.2 Å². The van der Waals surface area contributed by atoms with Crippen LogP contribution >= 0.6 is 0 Å². The van der Waals surface area contributed by atoms with Crippen molar-refractivity contribution in [3.8, 4) is 11.1 Å². The number of benzene rings is 3. The van der Waals surface area contributed by atoms with Crippen LogP contribution < -0.4 is 0 Å². The number of aromatic nitrogens is 3. The van der Waals surface area contributed by atoms with Crippen molar-refractivity contribution < 1.29 is 22.8 Å². The summed E-state index contributed by atoms with van der Waals surface area (Å²) in [7, 11) is 0. The summed E-state index contributed by atoms with van der Waals surface area (Å²) in [5, 5.41) is 6.92. The number of nitrogens with one attached hydrogen (secondary N) is 1. The molecule has 1 unspecified atom stereocenters. The highest BCUT2D eigenvalue weighted by molar-refractivity contribution is 5.96. The first-order valence-corrected chi connectivity index (χ1v) is 15.7. The van der Waals surface area contributed by atoms with Crippen molar-refractivity contribution in [2.24, 2.45) is 0 Å². The normalized spacial score (nSPS) is 14.4. The van der Waals surface area contributed by atoms with Crippen LogP contribution in [0.4, 0.5) is 13.2 Å². The van der Waals surface area contributed by atoms with Crippen LogP contribution in [0.5, 0.6) is 0 Å². The molecule has 0 radical (unpaired) electrons. The molecular formula is C38H34F3N5O2. The Labute approximate surface area is 276 Å². The van der Waals surface area contributed by atoms with Gasteiger partial charge in [0.1, 0.15) is 6.04 Å². The van der Waals surface area contributed by atoms with Gasteiger partial charge in [-0.2, -0.15) is 18.3 Å². The molecule has 2 aromatic heterocycles. The zero-order valence-electron chi connectivity index (χ0n) is 26.3. The molecule has 1 aliphatic heterocycles. The number of carbonyl (C=O) groups is 2. The first-order chi connectivity index (χ1) is 23.2. The number of halogens is 3. The molecule has 1 N–H and O–H groups in total. The summed E-state index contributed by atoms with van der Waals surface area (Å²) in [5.74, 6) is -1.07. The van der Waals surface area contributed by atoms with Gasteiger partial charge in [-0.25, -0.2) is 0 Å². The molecule has 48 heavy (non-hydrogen) atoms. The maximum Gasteiger partial charge on any atom is 0.416 e. The highest BCUT2D eigenvalue weighted by atomic mass is 19.4. The quantitative estimate of drug-likeness (QED) is 0.170. The van der Waals surface area contributed by atoms with Crippen LogP contribution in [0.3, 0.4) is 0 Å². The molecular weight excluding hydrogens is 615 g/mol. The van der Waals surface area contributed by atoms with E-state index in [4.69, 9.17) is 0 Å². The van der Waals surface area contributed by atoms with E-state index in [1.54, 1.807) is 34.6 Å². The van der Waals surface area contributed by atoms with Crippen LogP contribution in [0.1, 0.15) is 46.2 Å². The molecule has 0 saturated heterocycles. The Morgan fingerprint density at radius 2 is 1.62 bits per heavy atom. The Kier molecular flexibility index (Phi) is 9.52. The molecule has 3 heterocycles. The van der Waals surface area contributed by atoms with Gasteiger partial charge >= 0.3 is 6.18 Å². The van der Waals surface area contributed by atoms with Gasteiger partial charge in [0.15, 0.2) is 0 Å². The van der Waals surface area contributed by atoms with E-state index in [-0.39, 0.29) is 12.5 Å². The number of pyridine rings is 1. The van der Waals surface area contributed by atoms with Crippen LogP contribution in [-0.2, 0) is 35.3 Å². The number of rotatable bonds is 9. The fraction of sp³-hybridized carbons (Fsp3) is 0.211. The second kappa shape index (κ2) is 14.1. The molecule has 2 atom stereocenters. The van der Waals surface area contributed by atoms with Crippen LogP contribution in [0.2, 0.25) is 0 Å². The minimum atomic E-state index is -4.46. The first-order valence-electron chi connectivity index (χ1n) is 15.7. The molecule has 6 rings (SSSR count). The average Bonchev–Trinajstić information content (AvgIpc) is 3.66. The van der Waals surface area contributed by atoms with Crippen molar-refractivity contribution in [1.29, 1.82) is 0 Å². The lowest BCUT2D eigenvalue weighted by atomic mass is 9.91. The summed E-state index contributed by atoms with van der Waals surface area (Å²) in [6.07, 6.45) is 5.85. The number of nitrogens with zero attached hydrogens (tertiary/aromatic N) is 4. The fourth-order valence-corrected chi connectivity index (χ4v) is 6.08. The Morgan fingerprint density at radius 1 is 0.938 bits per heavy atom. The number of carbonyl (C=O) groups excluding carboxylic acids is 2. The van der Waals surface area contributed by atoms with E-state index < -0.39 is 29.6 Å². The van der Waals surface area contributed by atoms with E-state index in [9.17, 15) is 22.8 Å². The molecule has 7 nitrogen and oxygen atoms in total. The molecule has 0 fully saturated rings. The largest absolute Gasteiger partial charge is 0.416 e. The average molecular weight is 650 g/mol. The van der Waals surface area contributed by atoms with E-state index in [2.05, 4.69) is 21.2 Å². The lowest BCUT2D eigenvalue weighted by molar-refractivity contribution is -0.145. The summed E-state index contributed by atoms with van der Waals surface area (Å²) in [6, 6.07) is 23.3. The van der Waals surface area contributed by atoms with Crippen LogP contribution in [0, 0.1) is 0 Å². The van der Waals surface area contributed by atoms with E-state index in [1.807, 2.05) is 61.5 Å². The molecule has 0 spiro atoms. The Balaban J connectivity index is 1.35. The molecule has 244 valence electrons. The van der Waals surface area contributed by atoms with E-state index in [1.165, 1.54) is 29.8 Å². The number of hydrogen-bond donors (Lipinski definition) is 1. The van der Waals surface area contributed by atoms with Crippen LogP contribution in [-0.4, -0.2) is 49.4 Å². The van der Waals surface area contributed by atoms with Crippen molar-refractivity contribution in [2.45, 2.75) is 44.6 Å². The Hall–Kier alpha value is -5.51. The minimum absolute atomic E-state index is 0.121.